The van der Waals surface area contributed by atoms with E-state index in [2.05, 4.69) is 24.0 Å². The molecule has 102 valence electrons. The fourth-order valence-corrected chi connectivity index (χ4v) is 1.87. The third kappa shape index (κ3) is 3.48. The lowest BCUT2D eigenvalue weighted by molar-refractivity contribution is 0.0788. The number of rotatable bonds is 7. The van der Waals surface area contributed by atoms with E-state index in [9.17, 15) is 4.79 Å². The summed E-state index contributed by atoms with van der Waals surface area (Å²) in [6.07, 6.45) is 5.10. The number of unbranched alkanes of at least 4 members (excludes halogenated alkanes) is 2. The Labute approximate surface area is 109 Å². The number of anilines is 1. The molecule has 0 fully saturated rings. The van der Waals surface area contributed by atoms with Gasteiger partial charge in [0.25, 0.3) is 5.91 Å². The molecule has 5 heteroatoms. The molecule has 1 amide bonds. The minimum Gasteiger partial charge on any atom is -0.395 e. The Bertz CT molecular complexity index is 386. The maximum atomic E-state index is 12.1. The summed E-state index contributed by atoms with van der Waals surface area (Å²) in [6, 6.07) is 0. The molecule has 0 spiro atoms. The summed E-state index contributed by atoms with van der Waals surface area (Å²) in [5.41, 5.74) is 7.67. The molecule has 0 radical (unpaired) electrons. The number of carbonyl (C=O) groups excluding carboxylic acids is 1. The van der Waals surface area contributed by atoms with E-state index in [1.807, 2.05) is 0 Å². The van der Waals surface area contributed by atoms with Gasteiger partial charge in [-0.3, -0.25) is 9.89 Å². The molecule has 0 unspecified atom stereocenters. The number of amides is 1. The summed E-state index contributed by atoms with van der Waals surface area (Å²) in [5.74, 6) is -0.0952. The fraction of sp³-hybridized carbons (Fsp3) is 0.692. The van der Waals surface area contributed by atoms with E-state index in [-0.39, 0.29) is 5.91 Å². The molecular weight excluding hydrogens is 228 g/mol. The van der Waals surface area contributed by atoms with Crippen LogP contribution in [0.2, 0.25) is 0 Å². The zero-order chi connectivity index (χ0) is 13.5. The average molecular weight is 252 g/mol. The Morgan fingerprint density at radius 3 is 2.67 bits per heavy atom. The van der Waals surface area contributed by atoms with Crippen molar-refractivity contribution in [3.05, 3.63) is 11.4 Å². The van der Waals surface area contributed by atoms with Gasteiger partial charge in [-0.1, -0.05) is 33.1 Å². The number of hydrogen-bond donors (Lipinski definition) is 2. The highest BCUT2D eigenvalue weighted by atomic mass is 16.2. The van der Waals surface area contributed by atoms with Crippen LogP contribution in [0, 0.1) is 0 Å². The van der Waals surface area contributed by atoms with Crippen molar-refractivity contribution in [1.29, 1.82) is 0 Å². The van der Waals surface area contributed by atoms with Gasteiger partial charge < -0.3 is 10.6 Å². The van der Waals surface area contributed by atoms with Crippen LogP contribution in [-0.2, 0) is 6.42 Å². The average Bonchev–Trinajstić information content (AvgIpc) is 2.71. The lowest BCUT2D eigenvalue weighted by Crippen LogP contribution is -2.28. The number of hydrogen-bond acceptors (Lipinski definition) is 3. The highest BCUT2D eigenvalue weighted by molar-refractivity contribution is 5.97. The van der Waals surface area contributed by atoms with E-state index in [1.165, 1.54) is 0 Å². The highest BCUT2D eigenvalue weighted by Crippen LogP contribution is 2.17. The predicted octanol–water partition coefficient (Wildman–Crippen LogP) is 2.21. The molecule has 0 aliphatic carbocycles. The number of aromatic amines is 1. The Balaban J connectivity index is 2.65. The van der Waals surface area contributed by atoms with Crippen LogP contribution in [0.1, 0.15) is 55.7 Å². The summed E-state index contributed by atoms with van der Waals surface area (Å²) < 4.78 is 0. The number of nitrogens with two attached hydrogens (primary N) is 1. The van der Waals surface area contributed by atoms with Crippen molar-refractivity contribution in [3.63, 3.8) is 0 Å². The van der Waals surface area contributed by atoms with Gasteiger partial charge in [0.2, 0.25) is 0 Å². The molecule has 0 bridgehead atoms. The van der Waals surface area contributed by atoms with Crippen molar-refractivity contribution in [1.82, 2.24) is 15.1 Å². The topological polar surface area (TPSA) is 75.0 Å². The number of H-pyrrole nitrogens is 1. The second-order valence-corrected chi connectivity index (χ2v) is 4.65. The third-order valence-corrected chi connectivity index (χ3v) is 3.03. The largest absolute Gasteiger partial charge is 0.395 e. The van der Waals surface area contributed by atoms with Gasteiger partial charge >= 0.3 is 0 Å². The first-order chi connectivity index (χ1) is 8.61. The second-order valence-electron chi connectivity index (χ2n) is 4.65. The quantitative estimate of drug-likeness (QED) is 0.730. The van der Waals surface area contributed by atoms with E-state index >= 15 is 0 Å². The molecule has 0 aromatic carbocycles. The molecule has 5 nitrogen and oxygen atoms in total. The number of nitrogens with one attached hydrogen (secondary N) is 1. The SMILES string of the molecule is CCCCCN(C)C(=O)c1n[nH]c(CCC)c1N. The molecule has 1 aromatic heterocycles. The van der Waals surface area contributed by atoms with E-state index in [1.54, 1.807) is 11.9 Å². The standard InChI is InChI=1S/C13H24N4O/c1-4-6-7-9-17(3)13(18)12-11(14)10(8-5-2)15-16-12/h4-9,14H2,1-3H3,(H,15,16). The Hall–Kier alpha value is -1.52. The van der Waals surface area contributed by atoms with E-state index in [4.69, 9.17) is 5.73 Å². The molecule has 3 N–H and O–H groups in total. The zero-order valence-corrected chi connectivity index (χ0v) is 11.6. The molecule has 0 saturated carbocycles. The molecule has 1 rings (SSSR count). The van der Waals surface area contributed by atoms with Gasteiger partial charge in [0, 0.05) is 13.6 Å². The van der Waals surface area contributed by atoms with Gasteiger partial charge in [-0.2, -0.15) is 5.10 Å². The van der Waals surface area contributed by atoms with Crippen LogP contribution in [0.15, 0.2) is 0 Å². The maximum Gasteiger partial charge on any atom is 0.276 e. The Kier molecular flexibility index (Phi) is 5.68. The second kappa shape index (κ2) is 7.03. The fourth-order valence-electron chi connectivity index (χ4n) is 1.87. The van der Waals surface area contributed by atoms with E-state index < -0.39 is 0 Å². The first-order valence-corrected chi connectivity index (χ1v) is 6.69. The molecule has 0 atom stereocenters. The summed E-state index contributed by atoms with van der Waals surface area (Å²) in [6.45, 7) is 4.96. The van der Waals surface area contributed by atoms with E-state index in [0.717, 1.165) is 44.3 Å². The van der Waals surface area contributed by atoms with Gasteiger partial charge in [-0.15, -0.1) is 0 Å². The van der Waals surface area contributed by atoms with Gasteiger partial charge in [-0.05, 0) is 12.8 Å². The Morgan fingerprint density at radius 2 is 2.06 bits per heavy atom. The van der Waals surface area contributed by atoms with Gasteiger partial charge in [0.05, 0.1) is 11.4 Å². The smallest absolute Gasteiger partial charge is 0.276 e. The summed E-state index contributed by atoms with van der Waals surface area (Å²) in [7, 11) is 1.80. The van der Waals surface area contributed by atoms with Crippen LogP contribution in [0.5, 0.6) is 0 Å². The summed E-state index contributed by atoms with van der Waals surface area (Å²) >= 11 is 0. The minimum atomic E-state index is -0.0952. The monoisotopic (exact) mass is 252 g/mol. The van der Waals surface area contributed by atoms with Gasteiger partial charge in [0.15, 0.2) is 5.69 Å². The van der Waals surface area contributed by atoms with Crippen LogP contribution in [-0.4, -0.2) is 34.6 Å². The van der Waals surface area contributed by atoms with Gasteiger partial charge in [-0.25, -0.2) is 0 Å². The number of aromatic nitrogens is 2. The number of nitrogens with zero attached hydrogens (tertiary/aromatic N) is 2. The first-order valence-electron chi connectivity index (χ1n) is 6.69. The van der Waals surface area contributed by atoms with Gasteiger partial charge in [0.1, 0.15) is 0 Å². The highest BCUT2D eigenvalue weighted by Gasteiger charge is 2.19. The molecule has 18 heavy (non-hydrogen) atoms. The summed E-state index contributed by atoms with van der Waals surface area (Å²) in [5, 5.41) is 6.90. The van der Waals surface area contributed by atoms with Crippen molar-refractivity contribution in [3.8, 4) is 0 Å². The lowest BCUT2D eigenvalue weighted by atomic mass is 10.2. The molecule has 0 saturated heterocycles. The molecule has 0 aliphatic rings. The predicted molar refractivity (Wildman–Crippen MR) is 73.5 cm³/mol. The van der Waals surface area contributed by atoms with E-state index in [0.29, 0.717) is 11.4 Å². The van der Waals surface area contributed by atoms with Crippen molar-refractivity contribution in [2.45, 2.75) is 46.0 Å². The van der Waals surface area contributed by atoms with Crippen LogP contribution < -0.4 is 5.73 Å². The molecule has 1 aromatic rings. The number of nitrogen functional groups attached to an aromatic ring is 1. The number of carbonyl (C=O) groups is 1. The lowest BCUT2D eigenvalue weighted by Gasteiger charge is -2.15. The van der Waals surface area contributed by atoms with Crippen molar-refractivity contribution >= 4 is 11.6 Å². The maximum absolute atomic E-state index is 12.1. The first kappa shape index (κ1) is 14.5. The normalized spacial score (nSPS) is 10.6. The van der Waals surface area contributed by atoms with Crippen LogP contribution in [0.25, 0.3) is 0 Å². The van der Waals surface area contributed by atoms with Crippen molar-refractivity contribution < 1.29 is 4.79 Å². The number of aryl methyl sites for hydroxylation is 1. The Morgan fingerprint density at radius 1 is 1.33 bits per heavy atom. The minimum absolute atomic E-state index is 0.0952. The van der Waals surface area contributed by atoms with Crippen LogP contribution in [0.3, 0.4) is 0 Å². The molecule has 0 aliphatic heterocycles. The van der Waals surface area contributed by atoms with Crippen molar-refractivity contribution in [2.24, 2.45) is 0 Å². The molecular formula is C13H24N4O. The van der Waals surface area contributed by atoms with Crippen LogP contribution >= 0.6 is 0 Å². The van der Waals surface area contributed by atoms with Crippen LogP contribution in [0.4, 0.5) is 5.69 Å². The molecule has 1 heterocycles. The van der Waals surface area contributed by atoms with Crippen molar-refractivity contribution in [2.75, 3.05) is 19.3 Å². The third-order valence-electron chi connectivity index (χ3n) is 3.03. The zero-order valence-electron chi connectivity index (χ0n) is 11.6. The summed E-state index contributed by atoms with van der Waals surface area (Å²) in [4.78, 5) is 13.8.